The van der Waals surface area contributed by atoms with Gasteiger partial charge in [0.25, 0.3) is 5.69 Å². The van der Waals surface area contributed by atoms with Gasteiger partial charge in [-0.1, -0.05) is 6.07 Å². The van der Waals surface area contributed by atoms with E-state index in [1.54, 1.807) is 18.2 Å². The lowest BCUT2D eigenvalue weighted by Gasteiger charge is -2.09. The molecule has 0 aliphatic heterocycles. The largest absolute Gasteiger partial charge is 0.493 e. The van der Waals surface area contributed by atoms with Gasteiger partial charge >= 0.3 is 0 Å². The van der Waals surface area contributed by atoms with Crippen LogP contribution in [0, 0.1) is 10.1 Å². The Morgan fingerprint density at radius 3 is 2.54 bits per heavy atom. The number of nitrogens with one attached hydrogen (secondary N) is 1. The molecule has 0 atom stereocenters. The third-order valence-electron chi connectivity index (χ3n) is 3.32. The van der Waals surface area contributed by atoms with Gasteiger partial charge in [0, 0.05) is 11.6 Å². The smallest absolute Gasteiger partial charge is 0.295 e. The molecule has 0 fully saturated rings. The van der Waals surface area contributed by atoms with E-state index in [-0.39, 0.29) is 10.6 Å². The fraction of sp³-hybridized carbons (Fsp3) is 0.133. The number of nitro benzene ring substituents is 1. The molecule has 0 bridgehead atoms. The molecule has 0 amide bonds. The summed E-state index contributed by atoms with van der Waals surface area (Å²) in [6, 6.07) is 8.36. The maximum atomic E-state index is 11.3. The summed E-state index contributed by atoms with van der Waals surface area (Å²) in [5.74, 6) is 0.944. The van der Waals surface area contributed by atoms with Crippen molar-refractivity contribution in [3.05, 3.63) is 52.1 Å². The molecule has 0 aliphatic carbocycles. The summed E-state index contributed by atoms with van der Waals surface area (Å²) >= 11 is 0. The minimum absolute atomic E-state index is 0.000475. The molecule has 26 heavy (non-hydrogen) atoms. The van der Waals surface area contributed by atoms with Gasteiger partial charge in [-0.15, -0.1) is 0 Å². The van der Waals surface area contributed by atoms with Gasteiger partial charge < -0.3 is 9.47 Å². The molecule has 2 rings (SSSR count). The predicted molar refractivity (Wildman–Crippen MR) is 95.2 cm³/mol. The predicted octanol–water partition coefficient (Wildman–Crippen LogP) is 1.71. The van der Waals surface area contributed by atoms with Gasteiger partial charge in [-0.05, 0) is 24.3 Å². The van der Waals surface area contributed by atoms with E-state index in [1.807, 2.05) is 0 Å². The molecule has 11 heteroatoms. The van der Waals surface area contributed by atoms with E-state index in [0.717, 1.165) is 12.1 Å². The summed E-state index contributed by atoms with van der Waals surface area (Å²) in [6.45, 7) is 0. The number of hydrazone groups is 1. The highest BCUT2D eigenvalue weighted by Gasteiger charge is 2.18. The van der Waals surface area contributed by atoms with Gasteiger partial charge in [-0.3, -0.25) is 15.5 Å². The molecule has 3 N–H and O–H groups in total. The van der Waals surface area contributed by atoms with Crippen molar-refractivity contribution >= 4 is 27.6 Å². The van der Waals surface area contributed by atoms with Crippen LogP contribution in [-0.4, -0.2) is 33.8 Å². The van der Waals surface area contributed by atoms with Crippen LogP contribution in [-0.2, 0) is 10.0 Å². The number of hydrogen-bond acceptors (Lipinski definition) is 8. The lowest BCUT2D eigenvalue weighted by molar-refractivity contribution is -0.384. The van der Waals surface area contributed by atoms with Gasteiger partial charge in [0.2, 0.25) is 10.0 Å². The van der Waals surface area contributed by atoms with Crippen molar-refractivity contribution in [2.24, 2.45) is 10.2 Å². The number of ether oxygens (including phenoxy) is 2. The zero-order valence-corrected chi connectivity index (χ0v) is 14.7. The van der Waals surface area contributed by atoms with E-state index in [9.17, 15) is 18.5 Å². The van der Waals surface area contributed by atoms with Crippen molar-refractivity contribution in [2.75, 3.05) is 19.6 Å². The molecule has 2 aromatic rings. The lowest BCUT2D eigenvalue weighted by atomic mass is 10.2. The first-order chi connectivity index (χ1) is 12.3. The molecule has 0 saturated carbocycles. The number of nitrogens with zero attached hydrogens (tertiary/aromatic N) is 2. The number of sulfonamides is 1. The van der Waals surface area contributed by atoms with E-state index in [4.69, 9.17) is 14.6 Å². The Bertz CT molecular complexity index is 959. The van der Waals surface area contributed by atoms with Crippen LogP contribution < -0.4 is 20.0 Å². The molecule has 0 saturated heterocycles. The van der Waals surface area contributed by atoms with Crippen molar-refractivity contribution in [1.82, 2.24) is 0 Å². The second-order valence-electron chi connectivity index (χ2n) is 4.93. The van der Waals surface area contributed by atoms with Crippen LogP contribution in [0.1, 0.15) is 5.56 Å². The Hall–Kier alpha value is -3.18. The van der Waals surface area contributed by atoms with Gasteiger partial charge in [-0.2, -0.15) is 5.10 Å². The van der Waals surface area contributed by atoms with E-state index < -0.39 is 20.6 Å². The standard InChI is InChI=1S/C15H16N4O6S/c1-24-14-5-3-4-10(15(14)25-2)9-17-18-12-7-6-11(26(16,22)23)8-13(12)19(20)21/h3-9,18H,1-2H3,(H2,16,22,23). The van der Waals surface area contributed by atoms with Crippen LogP contribution in [0.4, 0.5) is 11.4 Å². The third-order valence-corrected chi connectivity index (χ3v) is 4.23. The number of para-hydroxylation sites is 1. The van der Waals surface area contributed by atoms with Crippen molar-refractivity contribution in [1.29, 1.82) is 0 Å². The fourth-order valence-corrected chi connectivity index (χ4v) is 2.65. The molecule has 0 radical (unpaired) electrons. The van der Waals surface area contributed by atoms with E-state index in [1.165, 1.54) is 26.5 Å². The van der Waals surface area contributed by atoms with E-state index >= 15 is 0 Å². The first-order valence-corrected chi connectivity index (χ1v) is 8.64. The monoisotopic (exact) mass is 380 g/mol. The van der Waals surface area contributed by atoms with Gasteiger partial charge in [0.05, 0.1) is 30.3 Å². The van der Waals surface area contributed by atoms with Crippen molar-refractivity contribution in [2.45, 2.75) is 4.90 Å². The zero-order valence-electron chi connectivity index (χ0n) is 13.9. The molecule has 0 aromatic heterocycles. The molecular formula is C15H16N4O6S. The Morgan fingerprint density at radius 1 is 1.23 bits per heavy atom. The molecule has 2 aromatic carbocycles. The number of nitro groups is 1. The molecular weight excluding hydrogens is 364 g/mol. The van der Waals surface area contributed by atoms with Crippen LogP contribution in [0.5, 0.6) is 11.5 Å². The maximum absolute atomic E-state index is 11.3. The lowest BCUT2D eigenvalue weighted by Crippen LogP contribution is -2.12. The number of rotatable bonds is 7. The summed E-state index contributed by atoms with van der Waals surface area (Å²) < 4.78 is 33.1. The van der Waals surface area contributed by atoms with Gasteiger partial charge in [0.1, 0.15) is 5.69 Å². The van der Waals surface area contributed by atoms with Crippen LogP contribution >= 0.6 is 0 Å². The summed E-state index contributed by atoms with van der Waals surface area (Å²) in [6.07, 6.45) is 1.39. The SMILES string of the molecule is COc1cccc(C=NNc2ccc(S(N)(=O)=O)cc2[N+](=O)[O-])c1OC. The summed E-state index contributed by atoms with van der Waals surface area (Å²) in [5, 5.41) is 20.1. The zero-order chi connectivity index (χ0) is 19.3. The molecule has 10 nitrogen and oxygen atoms in total. The van der Waals surface area contributed by atoms with Crippen molar-refractivity contribution in [3.63, 3.8) is 0 Å². The summed E-state index contributed by atoms with van der Waals surface area (Å²) in [5.41, 5.74) is 2.60. The number of nitrogens with two attached hydrogens (primary N) is 1. The first-order valence-electron chi connectivity index (χ1n) is 7.09. The average molecular weight is 380 g/mol. The second-order valence-corrected chi connectivity index (χ2v) is 6.50. The Kier molecular flexibility index (Phi) is 5.75. The quantitative estimate of drug-likeness (QED) is 0.422. The number of primary sulfonamides is 1. The number of hydrogen-bond donors (Lipinski definition) is 2. The Labute approximate surface area is 149 Å². The van der Waals surface area contributed by atoms with Crippen molar-refractivity contribution in [3.8, 4) is 11.5 Å². The fourth-order valence-electron chi connectivity index (χ4n) is 2.12. The normalized spacial score (nSPS) is 11.3. The van der Waals surface area contributed by atoms with Gasteiger partial charge in [0.15, 0.2) is 11.5 Å². The minimum atomic E-state index is -4.06. The highest BCUT2D eigenvalue weighted by molar-refractivity contribution is 7.89. The van der Waals surface area contributed by atoms with E-state index in [2.05, 4.69) is 10.5 Å². The van der Waals surface area contributed by atoms with E-state index in [0.29, 0.717) is 17.1 Å². The summed E-state index contributed by atoms with van der Waals surface area (Å²) in [4.78, 5) is 10.1. The van der Waals surface area contributed by atoms with Gasteiger partial charge in [-0.25, -0.2) is 13.6 Å². The molecule has 0 heterocycles. The second kappa shape index (κ2) is 7.80. The summed E-state index contributed by atoms with van der Waals surface area (Å²) in [7, 11) is -1.09. The van der Waals surface area contributed by atoms with Crippen LogP contribution in [0.2, 0.25) is 0 Å². The minimum Gasteiger partial charge on any atom is -0.493 e. The first kappa shape index (κ1) is 19.1. The highest BCUT2D eigenvalue weighted by atomic mass is 32.2. The third kappa shape index (κ3) is 4.26. The topological polar surface area (TPSA) is 146 Å². The van der Waals surface area contributed by atoms with Crippen LogP contribution in [0.25, 0.3) is 0 Å². The maximum Gasteiger partial charge on any atom is 0.295 e. The number of methoxy groups -OCH3 is 2. The van der Waals surface area contributed by atoms with Crippen LogP contribution in [0.3, 0.4) is 0 Å². The highest BCUT2D eigenvalue weighted by Crippen LogP contribution is 2.30. The number of benzene rings is 2. The number of anilines is 1. The Balaban J connectivity index is 2.33. The van der Waals surface area contributed by atoms with Crippen molar-refractivity contribution < 1.29 is 22.8 Å². The molecule has 0 spiro atoms. The average Bonchev–Trinajstić information content (AvgIpc) is 2.60. The molecule has 138 valence electrons. The van der Waals surface area contributed by atoms with Crippen LogP contribution in [0.15, 0.2) is 46.4 Å². The molecule has 0 unspecified atom stereocenters. The Morgan fingerprint density at radius 2 is 1.96 bits per heavy atom. The molecule has 0 aliphatic rings.